The predicted octanol–water partition coefficient (Wildman–Crippen LogP) is 3.95. The highest BCUT2D eigenvalue weighted by atomic mass is 35.5. The number of carbonyl (C=O) groups is 2. The van der Waals surface area contributed by atoms with Crippen molar-refractivity contribution >= 4 is 54.7 Å². The Morgan fingerprint density at radius 2 is 0.880 bits per heavy atom. The molecule has 3 aromatic carbocycles. The molecule has 3 aliphatic heterocycles. The van der Waals surface area contributed by atoms with Crippen molar-refractivity contribution in [3.05, 3.63) is 95.6 Å². The van der Waals surface area contributed by atoms with Crippen LogP contribution in [0.5, 0.6) is 0 Å². The lowest BCUT2D eigenvalue weighted by Gasteiger charge is -2.34. The predicted molar refractivity (Wildman–Crippen MR) is 198 cm³/mol. The quantitative estimate of drug-likeness (QED) is 0.347. The van der Waals surface area contributed by atoms with Gasteiger partial charge in [-0.15, -0.1) is 11.6 Å². The Labute approximate surface area is 300 Å². The summed E-state index contributed by atoms with van der Waals surface area (Å²) in [5.41, 5.74) is 4.96. The van der Waals surface area contributed by atoms with Gasteiger partial charge in [-0.1, -0.05) is 54.6 Å². The SMILES string of the molecule is O=C(Nc1ccc(CCl)cc1)N1CCS(=O)(=O)CC1.O=C(Nc1ccc(CN2CCN(Cc3ccccc3)CC2)cc1)N1CCS(=O)(=O)CC1. The van der Waals surface area contributed by atoms with E-state index in [1.165, 1.54) is 16.0 Å². The zero-order valence-corrected chi connectivity index (χ0v) is 30.4. The molecule has 3 aromatic rings. The van der Waals surface area contributed by atoms with Crippen molar-refractivity contribution in [3.8, 4) is 0 Å². The van der Waals surface area contributed by atoms with E-state index < -0.39 is 19.7 Å². The van der Waals surface area contributed by atoms with Crippen molar-refractivity contribution in [2.45, 2.75) is 19.0 Å². The largest absolute Gasteiger partial charge is 0.322 e. The Morgan fingerprint density at radius 1 is 0.520 bits per heavy atom. The number of urea groups is 2. The third-order valence-corrected chi connectivity index (χ3v) is 12.5. The van der Waals surface area contributed by atoms with E-state index in [0.29, 0.717) is 11.6 Å². The van der Waals surface area contributed by atoms with Crippen LogP contribution in [-0.4, -0.2) is 124 Å². The summed E-state index contributed by atoms with van der Waals surface area (Å²) in [7, 11) is -5.96. The van der Waals surface area contributed by atoms with E-state index >= 15 is 0 Å². The molecular weight excluding hydrogens is 700 g/mol. The van der Waals surface area contributed by atoms with Crippen LogP contribution in [-0.2, 0) is 38.6 Å². The molecule has 0 unspecified atom stereocenters. The smallest absolute Gasteiger partial charge is 0.321 e. The molecule has 0 saturated carbocycles. The average Bonchev–Trinajstić information content (AvgIpc) is 3.11. The van der Waals surface area contributed by atoms with E-state index in [2.05, 4.69) is 50.8 Å². The Hall–Kier alpha value is -3.69. The number of anilines is 2. The molecule has 0 bridgehead atoms. The molecule has 3 heterocycles. The highest BCUT2D eigenvalue weighted by Gasteiger charge is 2.26. The van der Waals surface area contributed by atoms with Gasteiger partial charge in [-0.3, -0.25) is 9.80 Å². The molecule has 50 heavy (non-hydrogen) atoms. The van der Waals surface area contributed by atoms with E-state index in [9.17, 15) is 26.4 Å². The van der Waals surface area contributed by atoms with Crippen molar-refractivity contribution in [2.75, 3.05) is 86.0 Å². The maximum absolute atomic E-state index is 12.3. The second-order valence-electron chi connectivity index (χ2n) is 12.7. The highest BCUT2D eigenvalue weighted by Crippen LogP contribution is 2.16. The number of hydrogen-bond donors (Lipinski definition) is 2. The number of amides is 4. The van der Waals surface area contributed by atoms with Crippen LogP contribution in [0, 0.1) is 0 Å². The van der Waals surface area contributed by atoms with Crippen molar-refractivity contribution in [2.24, 2.45) is 0 Å². The Bertz CT molecular complexity index is 1760. The zero-order valence-electron chi connectivity index (χ0n) is 28.0. The number of piperazine rings is 1. The molecule has 0 spiro atoms. The molecule has 0 aromatic heterocycles. The monoisotopic (exact) mass is 744 g/mol. The summed E-state index contributed by atoms with van der Waals surface area (Å²) in [6.45, 7) is 7.12. The van der Waals surface area contributed by atoms with Gasteiger partial charge in [0, 0.05) is 82.7 Å². The molecular formula is C35H45ClN6O6S2. The molecule has 2 N–H and O–H groups in total. The van der Waals surface area contributed by atoms with E-state index in [4.69, 9.17) is 11.6 Å². The Morgan fingerprint density at radius 3 is 1.26 bits per heavy atom. The first-order chi connectivity index (χ1) is 24.0. The van der Waals surface area contributed by atoms with Gasteiger partial charge in [0.2, 0.25) is 0 Å². The highest BCUT2D eigenvalue weighted by molar-refractivity contribution is 7.91. The van der Waals surface area contributed by atoms with Crippen LogP contribution in [0.4, 0.5) is 21.0 Å². The minimum absolute atomic E-state index is 0.0333. The second kappa shape index (κ2) is 17.5. The van der Waals surface area contributed by atoms with Crippen molar-refractivity contribution in [3.63, 3.8) is 0 Å². The number of carbonyl (C=O) groups excluding carboxylic acids is 2. The van der Waals surface area contributed by atoms with Gasteiger partial charge in [0.25, 0.3) is 0 Å². The van der Waals surface area contributed by atoms with Gasteiger partial charge >= 0.3 is 12.1 Å². The number of sulfone groups is 2. The number of nitrogens with zero attached hydrogens (tertiary/aromatic N) is 4. The normalized spacial score (nSPS) is 19.1. The summed E-state index contributed by atoms with van der Waals surface area (Å²) >= 11 is 5.68. The van der Waals surface area contributed by atoms with Crippen molar-refractivity contribution in [1.29, 1.82) is 0 Å². The fourth-order valence-corrected chi connectivity index (χ4v) is 8.39. The molecule has 6 rings (SSSR count). The fraction of sp³-hybridized carbons (Fsp3) is 0.429. The molecule has 15 heteroatoms. The van der Waals surface area contributed by atoms with Crippen LogP contribution < -0.4 is 10.6 Å². The third kappa shape index (κ3) is 11.7. The zero-order chi connectivity index (χ0) is 35.6. The van der Waals surface area contributed by atoms with Gasteiger partial charge in [0.05, 0.1) is 23.0 Å². The van der Waals surface area contributed by atoms with Crippen LogP contribution in [0.3, 0.4) is 0 Å². The van der Waals surface area contributed by atoms with Crippen molar-refractivity contribution in [1.82, 2.24) is 19.6 Å². The molecule has 0 aliphatic carbocycles. The number of hydrogen-bond acceptors (Lipinski definition) is 8. The Balaban J connectivity index is 0.000000219. The summed E-state index contributed by atoms with van der Waals surface area (Å²) in [4.78, 5) is 32.3. The lowest BCUT2D eigenvalue weighted by molar-refractivity contribution is 0.122. The van der Waals surface area contributed by atoms with E-state index in [1.807, 2.05) is 36.4 Å². The van der Waals surface area contributed by atoms with Gasteiger partial charge in [0.15, 0.2) is 19.7 Å². The molecule has 0 radical (unpaired) electrons. The lowest BCUT2D eigenvalue weighted by atomic mass is 10.1. The number of rotatable bonds is 7. The summed E-state index contributed by atoms with van der Waals surface area (Å²) in [6, 6.07) is 25.2. The van der Waals surface area contributed by atoms with Gasteiger partial charge in [-0.25, -0.2) is 26.4 Å². The number of benzene rings is 3. The van der Waals surface area contributed by atoms with Gasteiger partial charge in [-0.05, 0) is 41.0 Å². The number of alkyl halides is 1. The van der Waals surface area contributed by atoms with Crippen LogP contribution in [0.1, 0.15) is 16.7 Å². The molecule has 12 nitrogen and oxygen atoms in total. The van der Waals surface area contributed by atoms with E-state index in [1.54, 1.807) is 17.0 Å². The summed E-state index contributed by atoms with van der Waals surface area (Å²) in [5.74, 6) is 0.575. The first-order valence-corrected chi connectivity index (χ1v) is 20.9. The first kappa shape index (κ1) is 37.6. The molecule has 3 fully saturated rings. The average molecular weight is 745 g/mol. The second-order valence-corrected chi connectivity index (χ2v) is 17.6. The van der Waals surface area contributed by atoms with Crippen LogP contribution in [0.15, 0.2) is 78.9 Å². The maximum Gasteiger partial charge on any atom is 0.321 e. The summed E-state index contributed by atoms with van der Waals surface area (Å²) in [5, 5.41) is 5.61. The van der Waals surface area contributed by atoms with Crippen LogP contribution >= 0.6 is 11.6 Å². The van der Waals surface area contributed by atoms with Crippen molar-refractivity contribution < 1.29 is 26.4 Å². The third-order valence-electron chi connectivity index (χ3n) is 8.95. The van der Waals surface area contributed by atoms with E-state index in [0.717, 1.165) is 50.5 Å². The molecule has 3 saturated heterocycles. The topological polar surface area (TPSA) is 139 Å². The Kier molecular flexibility index (Phi) is 13.1. The fourth-order valence-electron chi connectivity index (χ4n) is 5.81. The van der Waals surface area contributed by atoms with Crippen LogP contribution in [0.25, 0.3) is 0 Å². The standard InChI is InChI=1S/C23H30N4O3S.C12H15ClN2O3S/c28-23(27-14-16-31(29,30)17-15-27)24-22-8-6-21(7-9-22)19-26-12-10-25(11-13-26)18-20-4-2-1-3-5-20;13-9-10-1-3-11(4-2-10)14-12(16)15-5-7-19(17,18)8-6-15/h1-9H,10-19H2,(H,24,28);1-4H,5-9H2,(H,14,16). The summed E-state index contributed by atoms with van der Waals surface area (Å²) in [6.07, 6.45) is 0. The summed E-state index contributed by atoms with van der Waals surface area (Å²) < 4.78 is 45.6. The number of nitrogens with one attached hydrogen (secondary N) is 2. The van der Waals surface area contributed by atoms with Gasteiger partial charge in [0.1, 0.15) is 0 Å². The minimum Gasteiger partial charge on any atom is -0.322 e. The van der Waals surface area contributed by atoms with Gasteiger partial charge < -0.3 is 20.4 Å². The molecule has 3 aliphatic rings. The van der Waals surface area contributed by atoms with E-state index in [-0.39, 0.29) is 61.3 Å². The van der Waals surface area contributed by atoms with Crippen LogP contribution in [0.2, 0.25) is 0 Å². The number of halogens is 1. The first-order valence-electron chi connectivity index (χ1n) is 16.7. The lowest BCUT2D eigenvalue weighted by Crippen LogP contribution is -2.45. The maximum atomic E-state index is 12.3. The molecule has 270 valence electrons. The molecule has 0 atom stereocenters. The minimum atomic E-state index is -2.99. The molecule has 4 amide bonds. The van der Waals surface area contributed by atoms with Gasteiger partial charge in [-0.2, -0.15) is 0 Å².